The molecule has 1 aromatic rings. The maximum Gasteiger partial charge on any atom is 0.310 e. The number of hydrogen-bond donors (Lipinski definition) is 3. The number of nitrogens with zero attached hydrogens (tertiary/aromatic N) is 1. The molecule has 0 aliphatic heterocycles. The Morgan fingerprint density at radius 1 is 1.20 bits per heavy atom. The third-order valence-electron chi connectivity index (χ3n) is 2.12. The van der Waals surface area contributed by atoms with Crippen molar-refractivity contribution >= 4 is 23.4 Å². The summed E-state index contributed by atoms with van der Waals surface area (Å²) in [7, 11) is 0. The van der Waals surface area contributed by atoms with Crippen LogP contribution < -0.4 is 10.9 Å². The molecule has 0 aliphatic rings. The Balaban J connectivity index is 2.60. The highest BCUT2D eigenvalue weighted by Gasteiger charge is 2.13. The van der Waals surface area contributed by atoms with E-state index >= 15 is 0 Å². The van der Waals surface area contributed by atoms with Gasteiger partial charge in [0.25, 0.3) is 5.91 Å². The number of carbonyl (C=O) groups excluding carboxylic acids is 3. The smallest absolute Gasteiger partial charge is 0.310 e. The Morgan fingerprint density at radius 2 is 1.85 bits per heavy atom. The first-order valence-electron chi connectivity index (χ1n) is 5.50. The van der Waals surface area contributed by atoms with Crippen LogP contribution in [0.4, 0.5) is 0 Å². The molecule has 7 nitrogen and oxygen atoms in total. The van der Waals surface area contributed by atoms with Gasteiger partial charge in [0.05, 0.1) is 6.07 Å². The number of amides is 2. The van der Waals surface area contributed by atoms with Crippen molar-refractivity contribution in [3.05, 3.63) is 42.0 Å². The Kier molecular flexibility index (Phi) is 5.47. The van der Waals surface area contributed by atoms with Gasteiger partial charge in [-0.1, -0.05) is 30.3 Å². The molecule has 102 valence electrons. The van der Waals surface area contributed by atoms with E-state index in [2.05, 4.69) is 0 Å². The van der Waals surface area contributed by atoms with E-state index in [4.69, 9.17) is 5.26 Å². The van der Waals surface area contributed by atoms with Crippen LogP contribution in [-0.2, 0) is 14.4 Å². The normalized spacial score (nSPS) is 10.2. The first-order valence-corrected chi connectivity index (χ1v) is 5.50. The highest BCUT2D eigenvalue weighted by Crippen LogP contribution is 2.09. The minimum Gasteiger partial charge on any atom is -0.507 e. The minimum absolute atomic E-state index is 0.367. The van der Waals surface area contributed by atoms with Gasteiger partial charge in [-0.05, 0) is 0 Å². The monoisotopic (exact) mass is 273 g/mol. The van der Waals surface area contributed by atoms with Crippen molar-refractivity contribution < 1.29 is 19.5 Å². The molecule has 1 aromatic carbocycles. The average molecular weight is 273 g/mol. The predicted octanol–water partition coefficient (Wildman–Crippen LogP) is 0.216. The fourth-order valence-corrected chi connectivity index (χ4v) is 1.19. The van der Waals surface area contributed by atoms with Crippen molar-refractivity contribution in [2.45, 2.75) is 6.42 Å². The molecule has 0 radical (unpaired) electrons. The number of rotatable bonds is 4. The van der Waals surface area contributed by atoms with Gasteiger partial charge < -0.3 is 5.11 Å². The van der Waals surface area contributed by atoms with Gasteiger partial charge in [-0.25, -0.2) is 0 Å². The SMILES string of the molecule is N#CCC(=O)NNC(=O)C(=O)/C=C(\O)c1ccccc1. The molecule has 0 heterocycles. The van der Waals surface area contributed by atoms with Gasteiger partial charge in [-0.2, -0.15) is 5.26 Å². The van der Waals surface area contributed by atoms with Gasteiger partial charge in [-0.15, -0.1) is 0 Å². The molecule has 0 bridgehead atoms. The highest BCUT2D eigenvalue weighted by molar-refractivity contribution is 6.41. The van der Waals surface area contributed by atoms with Crippen LogP contribution >= 0.6 is 0 Å². The van der Waals surface area contributed by atoms with E-state index in [-0.39, 0.29) is 5.76 Å². The van der Waals surface area contributed by atoms with Crippen LogP contribution in [0.2, 0.25) is 0 Å². The second-order valence-electron chi connectivity index (χ2n) is 3.60. The second kappa shape index (κ2) is 7.33. The standard InChI is InChI=1S/C13H11N3O4/c14-7-6-12(19)15-16-13(20)11(18)8-10(17)9-4-2-1-3-5-9/h1-5,8,17H,6H2,(H,15,19)(H,16,20)/b10-8-. The fraction of sp³-hybridized carbons (Fsp3) is 0.0769. The lowest BCUT2D eigenvalue weighted by atomic mass is 10.1. The Morgan fingerprint density at radius 3 is 2.45 bits per heavy atom. The molecule has 7 heteroatoms. The molecule has 0 atom stereocenters. The average Bonchev–Trinajstić information content (AvgIpc) is 2.45. The fourth-order valence-electron chi connectivity index (χ4n) is 1.19. The molecule has 20 heavy (non-hydrogen) atoms. The number of hydrazine groups is 1. The minimum atomic E-state index is -1.13. The molecule has 0 spiro atoms. The lowest BCUT2D eigenvalue weighted by molar-refractivity contribution is -0.137. The quantitative estimate of drug-likeness (QED) is 0.313. The van der Waals surface area contributed by atoms with E-state index in [0.717, 1.165) is 6.08 Å². The summed E-state index contributed by atoms with van der Waals surface area (Å²) >= 11 is 0. The number of benzene rings is 1. The van der Waals surface area contributed by atoms with Crippen molar-refractivity contribution in [2.24, 2.45) is 0 Å². The van der Waals surface area contributed by atoms with Crippen molar-refractivity contribution in [3.8, 4) is 6.07 Å². The van der Waals surface area contributed by atoms with Crippen LogP contribution in [0.15, 0.2) is 36.4 Å². The molecule has 0 saturated heterocycles. The summed E-state index contributed by atoms with van der Waals surface area (Å²) in [5.74, 6) is -3.28. The molecule has 1 rings (SSSR count). The van der Waals surface area contributed by atoms with Crippen LogP contribution in [0.3, 0.4) is 0 Å². The molecule has 0 aromatic heterocycles. The third-order valence-corrected chi connectivity index (χ3v) is 2.12. The number of hydrogen-bond acceptors (Lipinski definition) is 5. The zero-order valence-corrected chi connectivity index (χ0v) is 10.3. The Bertz CT molecular complexity index is 587. The van der Waals surface area contributed by atoms with Gasteiger partial charge in [0.2, 0.25) is 5.78 Å². The number of carbonyl (C=O) groups is 3. The first kappa shape index (κ1) is 14.9. The number of ketones is 1. The van der Waals surface area contributed by atoms with Gasteiger partial charge in [0.15, 0.2) is 0 Å². The maximum atomic E-state index is 11.4. The van der Waals surface area contributed by atoms with Crippen LogP contribution in [0.1, 0.15) is 12.0 Å². The number of nitriles is 1. The summed E-state index contributed by atoms with van der Waals surface area (Å²) < 4.78 is 0. The summed E-state index contributed by atoms with van der Waals surface area (Å²) in [5.41, 5.74) is 4.09. The van der Waals surface area contributed by atoms with Gasteiger partial charge >= 0.3 is 5.91 Å². The zero-order valence-electron chi connectivity index (χ0n) is 10.3. The summed E-state index contributed by atoms with van der Waals surface area (Å²) in [6.45, 7) is 0. The van der Waals surface area contributed by atoms with Gasteiger partial charge in [0, 0.05) is 11.6 Å². The Hall–Kier alpha value is -3.14. The van der Waals surface area contributed by atoms with Crippen molar-refractivity contribution in [1.29, 1.82) is 5.26 Å². The molecule has 0 saturated carbocycles. The van der Waals surface area contributed by atoms with Crippen LogP contribution in [0, 0.1) is 11.3 Å². The molecular weight excluding hydrogens is 262 g/mol. The summed E-state index contributed by atoms with van der Waals surface area (Å²) in [4.78, 5) is 33.6. The van der Waals surface area contributed by atoms with E-state index in [1.807, 2.05) is 10.9 Å². The van der Waals surface area contributed by atoms with Crippen LogP contribution in [-0.4, -0.2) is 22.7 Å². The molecule has 2 amide bonds. The molecule has 0 aliphatic carbocycles. The van der Waals surface area contributed by atoms with E-state index in [1.54, 1.807) is 36.4 Å². The van der Waals surface area contributed by atoms with E-state index < -0.39 is 24.0 Å². The number of aliphatic hydroxyl groups excluding tert-OH is 1. The van der Waals surface area contributed by atoms with E-state index in [1.165, 1.54) is 0 Å². The summed E-state index contributed by atoms with van der Waals surface area (Å²) in [6, 6.07) is 9.75. The van der Waals surface area contributed by atoms with Gasteiger partial charge in [0.1, 0.15) is 12.2 Å². The predicted molar refractivity (Wildman–Crippen MR) is 68.6 cm³/mol. The van der Waals surface area contributed by atoms with Gasteiger partial charge in [-0.3, -0.25) is 25.2 Å². The van der Waals surface area contributed by atoms with Crippen molar-refractivity contribution in [2.75, 3.05) is 0 Å². The van der Waals surface area contributed by atoms with E-state index in [9.17, 15) is 19.5 Å². The highest BCUT2D eigenvalue weighted by atomic mass is 16.3. The molecule has 0 unspecified atom stereocenters. The summed E-state index contributed by atoms with van der Waals surface area (Å²) in [6.07, 6.45) is 0.292. The van der Waals surface area contributed by atoms with Crippen molar-refractivity contribution in [1.82, 2.24) is 10.9 Å². The second-order valence-corrected chi connectivity index (χ2v) is 3.60. The summed E-state index contributed by atoms with van der Waals surface area (Å²) in [5, 5.41) is 17.9. The number of nitrogens with one attached hydrogen (secondary N) is 2. The van der Waals surface area contributed by atoms with E-state index in [0.29, 0.717) is 5.56 Å². The lowest BCUT2D eigenvalue weighted by Gasteiger charge is -2.03. The van der Waals surface area contributed by atoms with Crippen molar-refractivity contribution in [3.63, 3.8) is 0 Å². The maximum absolute atomic E-state index is 11.4. The molecular formula is C13H11N3O4. The number of aliphatic hydroxyl groups is 1. The third kappa shape index (κ3) is 4.62. The topological polar surface area (TPSA) is 119 Å². The largest absolute Gasteiger partial charge is 0.507 e. The molecule has 3 N–H and O–H groups in total. The lowest BCUT2D eigenvalue weighted by Crippen LogP contribution is -2.44. The van der Waals surface area contributed by atoms with Crippen LogP contribution in [0.25, 0.3) is 5.76 Å². The zero-order chi connectivity index (χ0) is 15.0. The van der Waals surface area contributed by atoms with Crippen LogP contribution in [0.5, 0.6) is 0 Å². The first-order chi connectivity index (χ1) is 9.54. The Labute approximate surface area is 114 Å². The molecule has 0 fully saturated rings.